The van der Waals surface area contributed by atoms with Crippen LogP contribution in [-0.4, -0.2) is 67.8 Å². The van der Waals surface area contributed by atoms with Crippen LogP contribution in [0.2, 0.25) is 0 Å². The summed E-state index contributed by atoms with van der Waals surface area (Å²) in [6, 6.07) is 9.25. The molecule has 188 valence electrons. The monoisotopic (exact) mass is 508 g/mol. The summed E-state index contributed by atoms with van der Waals surface area (Å²) in [5.74, 6) is 1.39. The maximum atomic E-state index is 12.9. The second kappa shape index (κ2) is 9.42. The Bertz CT molecular complexity index is 1430. The third-order valence-electron chi connectivity index (χ3n) is 6.46. The third kappa shape index (κ3) is 4.73. The van der Waals surface area contributed by atoms with Crippen LogP contribution in [0.15, 0.2) is 53.9 Å². The van der Waals surface area contributed by atoms with Crippen LogP contribution in [0.1, 0.15) is 27.9 Å². The van der Waals surface area contributed by atoms with Crippen LogP contribution in [-0.2, 0) is 9.84 Å². The van der Waals surface area contributed by atoms with Gasteiger partial charge in [0.05, 0.1) is 30.7 Å². The molecule has 1 saturated heterocycles. The van der Waals surface area contributed by atoms with Crippen LogP contribution >= 0.6 is 0 Å². The number of fused-ring (bicyclic) bond motifs is 1. The van der Waals surface area contributed by atoms with Crippen molar-refractivity contribution in [1.82, 2.24) is 14.9 Å². The number of pyridine rings is 2. The maximum Gasteiger partial charge on any atom is 0.254 e. The molecule has 1 unspecified atom stereocenters. The number of carbonyl (C=O) groups excluding carboxylic acids is 1. The van der Waals surface area contributed by atoms with E-state index in [0.717, 1.165) is 35.4 Å². The summed E-state index contributed by atoms with van der Waals surface area (Å²) in [6.45, 7) is 5.85. The lowest BCUT2D eigenvalue weighted by molar-refractivity contribution is 0.0771. The Balaban J connectivity index is 1.33. The number of ether oxygens (including phenoxy) is 2. The minimum atomic E-state index is -3.40. The lowest BCUT2D eigenvalue weighted by atomic mass is 10.1. The SMILES string of the molecule is Cc1cnccc1C(=O)N1CCC(Oc2ccc3c(c2)N(c2cnc(S(C)(=O)=O)c(C)c2)CCO3)C1. The molecular formula is C26H28N4O5S. The summed E-state index contributed by atoms with van der Waals surface area (Å²) in [4.78, 5) is 25.1. The predicted octanol–water partition coefficient (Wildman–Crippen LogP) is 3.32. The molecule has 4 heterocycles. The smallest absolute Gasteiger partial charge is 0.254 e. The highest BCUT2D eigenvalue weighted by atomic mass is 32.2. The van der Waals surface area contributed by atoms with Crippen molar-refractivity contribution in [2.75, 3.05) is 37.4 Å². The minimum Gasteiger partial charge on any atom is -0.490 e. The van der Waals surface area contributed by atoms with Crippen LogP contribution in [0, 0.1) is 13.8 Å². The molecule has 9 nitrogen and oxygen atoms in total. The number of amides is 1. The highest BCUT2D eigenvalue weighted by Crippen LogP contribution is 2.40. The van der Waals surface area contributed by atoms with Crippen LogP contribution < -0.4 is 14.4 Å². The molecule has 0 saturated carbocycles. The predicted molar refractivity (Wildman–Crippen MR) is 135 cm³/mol. The fraction of sp³-hybridized carbons (Fsp3) is 0.346. The van der Waals surface area contributed by atoms with E-state index in [2.05, 4.69) is 14.9 Å². The van der Waals surface area contributed by atoms with Crippen LogP contribution in [0.5, 0.6) is 11.5 Å². The average molecular weight is 509 g/mol. The molecule has 0 radical (unpaired) electrons. The van der Waals surface area contributed by atoms with E-state index in [1.165, 1.54) is 0 Å². The first-order valence-corrected chi connectivity index (χ1v) is 13.7. The van der Waals surface area contributed by atoms with Crippen molar-refractivity contribution >= 4 is 27.1 Å². The number of carbonyl (C=O) groups is 1. The van der Waals surface area contributed by atoms with Crippen molar-refractivity contribution in [1.29, 1.82) is 0 Å². The number of sulfone groups is 1. The highest BCUT2D eigenvalue weighted by molar-refractivity contribution is 7.90. The Morgan fingerprint density at radius 3 is 2.69 bits per heavy atom. The fourth-order valence-corrected chi connectivity index (χ4v) is 5.60. The van der Waals surface area contributed by atoms with Crippen molar-refractivity contribution in [2.45, 2.75) is 31.4 Å². The van der Waals surface area contributed by atoms with Gasteiger partial charge in [-0.1, -0.05) is 0 Å². The van der Waals surface area contributed by atoms with Crippen LogP contribution in [0.3, 0.4) is 0 Å². The highest BCUT2D eigenvalue weighted by Gasteiger charge is 2.30. The van der Waals surface area contributed by atoms with Gasteiger partial charge in [-0.3, -0.25) is 9.78 Å². The van der Waals surface area contributed by atoms with Gasteiger partial charge in [0.1, 0.15) is 24.2 Å². The lowest BCUT2D eigenvalue weighted by Crippen LogP contribution is -2.31. The van der Waals surface area contributed by atoms with Gasteiger partial charge in [-0.15, -0.1) is 0 Å². The lowest BCUT2D eigenvalue weighted by Gasteiger charge is -2.32. The number of hydrogen-bond acceptors (Lipinski definition) is 8. The van der Waals surface area contributed by atoms with E-state index in [-0.39, 0.29) is 17.0 Å². The third-order valence-corrected chi connectivity index (χ3v) is 7.59. The molecule has 1 aromatic carbocycles. The first kappa shape index (κ1) is 24.1. The largest absolute Gasteiger partial charge is 0.490 e. The molecule has 1 fully saturated rings. The van der Waals surface area contributed by atoms with Gasteiger partial charge in [-0.2, -0.15) is 0 Å². The van der Waals surface area contributed by atoms with Gasteiger partial charge in [0.15, 0.2) is 14.9 Å². The first-order valence-electron chi connectivity index (χ1n) is 11.8. The summed E-state index contributed by atoms with van der Waals surface area (Å²) in [6.07, 6.45) is 6.69. The van der Waals surface area contributed by atoms with E-state index >= 15 is 0 Å². The molecule has 2 aliphatic heterocycles. The Kier molecular flexibility index (Phi) is 6.29. The Morgan fingerprint density at radius 2 is 1.94 bits per heavy atom. The van der Waals surface area contributed by atoms with E-state index in [1.807, 2.05) is 36.1 Å². The number of nitrogens with zero attached hydrogens (tertiary/aromatic N) is 4. The summed E-state index contributed by atoms with van der Waals surface area (Å²) in [5.41, 5.74) is 3.72. The zero-order valence-corrected chi connectivity index (χ0v) is 21.3. The van der Waals surface area contributed by atoms with Gasteiger partial charge in [0.25, 0.3) is 5.91 Å². The maximum absolute atomic E-state index is 12.9. The van der Waals surface area contributed by atoms with E-state index in [1.54, 1.807) is 31.6 Å². The molecule has 0 spiro atoms. The fourth-order valence-electron chi connectivity index (χ4n) is 4.71. The van der Waals surface area contributed by atoms with Crippen LogP contribution in [0.25, 0.3) is 0 Å². The molecule has 36 heavy (non-hydrogen) atoms. The molecule has 2 aromatic heterocycles. The van der Waals surface area contributed by atoms with Crippen molar-refractivity contribution in [2.24, 2.45) is 0 Å². The number of anilines is 2. The van der Waals surface area contributed by atoms with Gasteiger partial charge in [0.2, 0.25) is 0 Å². The molecule has 0 N–H and O–H groups in total. The van der Waals surface area contributed by atoms with Gasteiger partial charge >= 0.3 is 0 Å². The Hall–Kier alpha value is -3.66. The molecule has 2 aliphatic rings. The molecule has 1 atom stereocenters. The second-order valence-electron chi connectivity index (χ2n) is 9.19. The quantitative estimate of drug-likeness (QED) is 0.517. The number of aryl methyl sites for hydroxylation is 2. The summed E-state index contributed by atoms with van der Waals surface area (Å²) >= 11 is 0. The second-order valence-corrected chi connectivity index (χ2v) is 11.1. The Labute approximate surface area is 210 Å². The molecule has 3 aromatic rings. The van der Waals surface area contributed by atoms with Gasteiger partial charge in [0, 0.05) is 43.2 Å². The zero-order chi connectivity index (χ0) is 25.4. The van der Waals surface area contributed by atoms with Gasteiger partial charge in [-0.25, -0.2) is 13.4 Å². The summed E-state index contributed by atoms with van der Waals surface area (Å²) < 4.78 is 36.1. The molecule has 0 bridgehead atoms. The van der Waals surface area contributed by atoms with Crippen molar-refractivity contribution < 1.29 is 22.7 Å². The van der Waals surface area contributed by atoms with E-state index in [4.69, 9.17) is 9.47 Å². The average Bonchev–Trinajstić information content (AvgIpc) is 3.31. The molecule has 5 rings (SSSR count). The van der Waals surface area contributed by atoms with Crippen molar-refractivity contribution in [3.05, 3.63) is 65.6 Å². The molecule has 1 amide bonds. The van der Waals surface area contributed by atoms with Crippen molar-refractivity contribution in [3.63, 3.8) is 0 Å². The van der Waals surface area contributed by atoms with Gasteiger partial charge < -0.3 is 19.3 Å². The van der Waals surface area contributed by atoms with E-state index in [9.17, 15) is 13.2 Å². The van der Waals surface area contributed by atoms with E-state index < -0.39 is 9.84 Å². The zero-order valence-electron chi connectivity index (χ0n) is 20.5. The standard InChI is InChI=1S/C26H28N4O5S/c1-17-12-19(15-28-25(17)36(3,32)33)30-10-11-34-24-5-4-20(13-23(24)30)35-21-7-9-29(16-21)26(31)22-6-8-27-14-18(22)2/h4-6,8,12-15,21H,7,9-11,16H2,1-3H3. The number of rotatable bonds is 5. The molecule has 0 aliphatic carbocycles. The Morgan fingerprint density at radius 1 is 1.11 bits per heavy atom. The van der Waals surface area contributed by atoms with Crippen LogP contribution in [0.4, 0.5) is 11.4 Å². The van der Waals surface area contributed by atoms with Crippen molar-refractivity contribution in [3.8, 4) is 11.5 Å². The topological polar surface area (TPSA) is 102 Å². The summed E-state index contributed by atoms with van der Waals surface area (Å²) in [7, 11) is -3.40. The molecular weight excluding hydrogens is 480 g/mol. The first-order chi connectivity index (χ1) is 17.2. The molecule has 10 heteroatoms. The minimum absolute atomic E-state index is 0.00794. The normalized spacial score (nSPS) is 17.5. The number of hydrogen-bond donors (Lipinski definition) is 0. The number of aromatic nitrogens is 2. The number of benzene rings is 1. The van der Waals surface area contributed by atoms with E-state index in [0.29, 0.717) is 43.1 Å². The number of likely N-dealkylation sites (tertiary alicyclic amines) is 1. The summed E-state index contributed by atoms with van der Waals surface area (Å²) in [5, 5.41) is 0.0825. The van der Waals surface area contributed by atoms with Gasteiger partial charge in [-0.05, 0) is 49.2 Å².